The van der Waals surface area contributed by atoms with Crippen LogP contribution in [0.4, 0.5) is 0 Å². The summed E-state index contributed by atoms with van der Waals surface area (Å²) in [5.41, 5.74) is 2.95. The number of benzene rings is 2. The number of halogens is 3. The predicted molar refractivity (Wildman–Crippen MR) is 99.1 cm³/mol. The molecule has 1 heterocycles. The fourth-order valence-corrected chi connectivity index (χ4v) is 3.13. The Hall–Kier alpha value is -1.03. The van der Waals surface area contributed by atoms with Gasteiger partial charge in [-0.1, -0.05) is 59.0 Å². The van der Waals surface area contributed by atoms with Crippen molar-refractivity contribution in [2.45, 2.75) is 27.3 Å². The van der Waals surface area contributed by atoms with Crippen LogP contribution in [0.5, 0.6) is 0 Å². The first-order valence-electron chi connectivity index (χ1n) is 7.12. The molecule has 0 aliphatic carbocycles. The first-order chi connectivity index (χ1) is 10.6. The molecule has 0 saturated heterocycles. The number of hydrogen-bond acceptors (Lipinski definition) is 1. The minimum Gasteiger partial charge on any atom is -0.260 e. The molecule has 0 N–H and O–H groups in total. The van der Waals surface area contributed by atoms with Crippen LogP contribution >= 0.6 is 39.1 Å². The van der Waals surface area contributed by atoms with Gasteiger partial charge in [0.25, 0.3) is 0 Å². The zero-order valence-electron chi connectivity index (χ0n) is 12.7. The highest BCUT2D eigenvalue weighted by molar-refractivity contribution is 9.10. The number of fused-ring (bicyclic) bond motifs is 1. The molecule has 2 aromatic carbocycles. The van der Waals surface area contributed by atoms with Gasteiger partial charge in [0.2, 0.25) is 0 Å². The third-order valence-corrected chi connectivity index (χ3v) is 4.47. The number of rotatable bonds is 2. The third kappa shape index (κ3) is 3.48. The smallest absolute Gasteiger partial charge is 0.0700 e. The molecule has 1 aromatic heterocycles. The van der Waals surface area contributed by atoms with Crippen LogP contribution in [-0.4, -0.2) is 9.78 Å². The summed E-state index contributed by atoms with van der Waals surface area (Å²) in [6, 6.07) is 11.7. The van der Waals surface area contributed by atoms with Crippen molar-refractivity contribution >= 4 is 50.0 Å². The van der Waals surface area contributed by atoms with Crippen LogP contribution in [-0.2, 0) is 6.54 Å². The molecule has 0 saturated carbocycles. The molecule has 0 radical (unpaired) electrons. The lowest BCUT2D eigenvalue weighted by atomic mass is 10.2. The maximum atomic E-state index is 6.23. The summed E-state index contributed by atoms with van der Waals surface area (Å²) in [5, 5.41) is 7.04. The van der Waals surface area contributed by atoms with Crippen molar-refractivity contribution in [3.05, 3.63) is 62.2 Å². The minimum atomic E-state index is 0.555. The average Bonchev–Trinajstić information content (AvgIpc) is 2.81. The highest BCUT2D eigenvalue weighted by Crippen LogP contribution is 2.28. The van der Waals surface area contributed by atoms with Crippen LogP contribution in [0.15, 0.2) is 40.9 Å². The first-order valence-corrected chi connectivity index (χ1v) is 8.66. The second kappa shape index (κ2) is 7.49. The molecular weight excluding hydrogens is 383 g/mol. The van der Waals surface area contributed by atoms with Crippen LogP contribution in [0.1, 0.15) is 25.1 Å². The van der Waals surface area contributed by atoms with E-state index < -0.39 is 0 Å². The Morgan fingerprint density at radius 2 is 1.73 bits per heavy atom. The number of aromatic nitrogens is 2. The lowest BCUT2D eigenvalue weighted by molar-refractivity contribution is 0.703. The molecule has 0 bridgehead atoms. The lowest BCUT2D eigenvalue weighted by Crippen LogP contribution is -2.03. The van der Waals surface area contributed by atoms with Crippen molar-refractivity contribution in [2.24, 2.45) is 0 Å². The Balaban J connectivity index is 0.000000847. The highest BCUT2D eigenvalue weighted by Gasteiger charge is 2.11. The zero-order chi connectivity index (χ0) is 16.3. The largest absolute Gasteiger partial charge is 0.260 e. The van der Waals surface area contributed by atoms with Crippen LogP contribution in [0.3, 0.4) is 0 Å². The SMILES string of the molecule is CC.Cc1nn(Cc2c(Cl)cccc2Cl)c2cc(Br)ccc12. The van der Waals surface area contributed by atoms with Crippen molar-refractivity contribution in [3.8, 4) is 0 Å². The standard InChI is InChI=1S/C15H11BrCl2N2.C2H6/c1-9-11-6-5-10(16)7-15(11)20(19-9)8-12-13(17)3-2-4-14(12)18;1-2/h2-7H,8H2,1H3;1-2H3. The molecule has 0 unspecified atom stereocenters. The molecule has 5 heteroatoms. The molecule has 0 aliphatic heterocycles. The van der Waals surface area contributed by atoms with E-state index in [1.807, 2.05) is 49.7 Å². The monoisotopic (exact) mass is 398 g/mol. The Labute approximate surface area is 149 Å². The van der Waals surface area contributed by atoms with Crippen molar-refractivity contribution < 1.29 is 0 Å². The highest BCUT2D eigenvalue weighted by atomic mass is 79.9. The van der Waals surface area contributed by atoms with E-state index in [0.29, 0.717) is 16.6 Å². The van der Waals surface area contributed by atoms with Gasteiger partial charge in [-0.3, -0.25) is 4.68 Å². The normalized spacial score (nSPS) is 10.5. The maximum Gasteiger partial charge on any atom is 0.0700 e. The molecular formula is C17H17BrCl2N2. The van der Waals surface area contributed by atoms with E-state index in [2.05, 4.69) is 33.2 Å². The van der Waals surface area contributed by atoms with Crippen LogP contribution < -0.4 is 0 Å². The van der Waals surface area contributed by atoms with Crippen LogP contribution in [0.2, 0.25) is 10.0 Å². The summed E-state index contributed by atoms with van der Waals surface area (Å²) in [7, 11) is 0. The predicted octanol–water partition coefficient (Wildman–Crippen LogP) is 6.49. The Morgan fingerprint density at radius 1 is 1.09 bits per heavy atom. The minimum absolute atomic E-state index is 0.555. The molecule has 116 valence electrons. The Kier molecular flexibility index (Phi) is 5.90. The lowest BCUT2D eigenvalue weighted by Gasteiger charge is -2.08. The number of hydrogen-bond donors (Lipinski definition) is 0. The number of nitrogens with zero attached hydrogens (tertiary/aromatic N) is 2. The van der Waals surface area contributed by atoms with Crippen molar-refractivity contribution in [3.63, 3.8) is 0 Å². The van der Waals surface area contributed by atoms with Gasteiger partial charge in [-0.2, -0.15) is 5.10 Å². The zero-order valence-corrected chi connectivity index (χ0v) is 15.8. The quantitative estimate of drug-likeness (QED) is 0.481. The first kappa shape index (κ1) is 17.3. The molecule has 0 amide bonds. The van der Waals surface area contributed by atoms with Gasteiger partial charge in [-0.25, -0.2) is 0 Å². The molecule has 3 aromatic rings. The maximum absolute atomic E-state index is 6.23. The van der Waals surface area contributed by atoms with E-state index in [9.17, 15) is 0 Å². The van der Waals surface area contributed by atoms with Gasteiger partial charge in [-0.05, 0) is 37.3 Å². The van der Waals surface area contributed by atoms with E-state index in [4.69, 9.17) is 23.2 Å². The fourth-order valence-electron chi connectivity index (χ4n) is 2.27. The second-order valence-electron chi connectivity index (χ2n) is 4.60. The van der Waals surface area contributed by atoms with Crippen molar-refractivity contribution in [1.29, 1.82) is 0 Å². The number of aryl methyl sites for hydroxylation is 1. The second-order valence-corrected chi connectivity index (χ2v) is 6.33. The van der Waals surface area contributed by atoms with Gasteiger partial charge in [0.05, 0.1) is 17.8 Å². The molecule has 0 spiro atoms. The van der Waals surface area contributed by atoms with E-state index in [1.54, 1.807) is 0 Å². The van der Waals surface area contributed by atoms with Gasteiger partial charge in [0.1, 0.15) is 0 Å². The van der Waals surface area contributed by atoms with Crippen LogP contribution in [0, 0.1) is 6.92 Å². The van der Waals surface area contributed by atoms with Gasteiger partial charge < -0.3 is 0 Å². The Morgan fingerprint density at radius 3 is 2.36 bits per heavy atom. The summed E-state index contributed by atoms with van der Waals surface area (Å²) in [6.07, 6.45) is 0. The summed E-state index contributed by atoms with van der Waals surface area (Å²) in [5.74, 6) is 0. The summed E-state index contributed by atoms with van der Waals surface area (Å²) in [6.45, 7) is 6.56. The van der Waals surface area contributed by atoms with Gasteiger partial charge in [0, 0.05) is 25.5 Å². The van der Waals surface area contributed by atoms with E-state index in [0.717, 1.165) is 26.6 Å². The van der Waals surface area contributed by atoms with Crippen molar-refractivity contribution in [2.75, 3.05) is 0 Å². The Bertz CT molecular complexity index is 776. The molecule has 2 nitrogen and oxygen atoms in total. The summed E-state index contributed by atoms with van der Waals surface area (Å²) < 4.78 is 2.96. The third-order valence-electron chi connectivity index (χ3n) is 3.27. The van der Waals surface area contributed by atoms with Crippen LogP contribution in [0.25, 0.3) is 10.9 Å². The molecule has 22 heavy (non-hydrogen) atoms. The van der Waals surface area contributed by atoms with E-state index in [1.165, 1.54) is 0 Å². The summed E-state index contributed by atoms with van der Waals surface area (Å²) >= 11 is 16.0. The van der Waals surface area contributed by atoms with Gasteiger partial charge in [-0.15, -0.1) is 0 Å². The average molecular weight is 400 g/mol. The van der Waals surface area contributed by atoms with E-state index >= 15 is 0 Å². The van der Waals surface area contributed by atoms with Gasteiger partial charge in [0.15, 0.2) is 0 Å². The topological polar surface area (TPSA) is 17.8 Å². The fraction of sp³-hybridized carbons (Fsp3) is 0.235. The molecule has 0 aliphatic rings. The molecule has 0 fully saturated rings. The van der Waals surface area contributed by atoms with Gasteiger partial charge >= 0.3 is 0 Å². The van der Waals surface area contributed by atoms with E-state index in [-0.39, 0.29) is 0 Å². The molecule has 3 rings (SSSR count). The van der Waals surface area contributed by atoms with Crippen molar-refractivity contribution in [1.82, 2.24) is 9.78 Å². The summed E-state index contributed by atoms with van der Waals surface area (Å²) in [4.78, 5) is 0. The molecule has 0 atom stereocenters.